The van der Waals surface area contributed by atoms with Crippen LogP contribution in [0.4, 0.5) is 26.3 Å². The highest BCUT2D eigenvalue weighted by atomic mass is 32.2. The molecule has 0 atom stereocenters. The number of halogens is 6. The van der Waals surface area contributed by atoms with Gasteiger partial charge in [0, 0.05) is 16.6 Å². The summed E-state index contributed by atoms with van der Waals surface area (Å²) in [4.78, 5) is 12.4. The lowest BCUT2D eigenvalue weighted by molar-refractivity contribution is -0.145. The Balaban J connectivity index is 1.64. The Hall–Kier alpha value is -3.54. The molecule has 0 amide bonds. The van der Waals surface area contributed by atoms with E-state index in [0.717, 1.165) is 34.7 Å². The van der Waals surface area contributed by atoms with E-state index in [0.29, 0.717) is 11.5 Å². The van der Waals surface area contributed by atoms with E-state index in [9.17, 15) is 31.1 Å². The van der Waals surface area contributed by atoms with Gasteiger partial charge in [-0.3, -0.25) is 0 Å². The molecule has 3 aromatic carbocycles. The Morgan fingerprint density at radius 1 is 0.780 bits per heavy atom. The number of aryl methyl sites for hydroxylation is 1. The smallest absolute Gasteiger partial charge is 0.416 e. The summed E-state index contributed by atoms with van der Waals surface area (Å²) in [7, 11) is 0. The van der Waals surface area contributed by atoms with Crippen LogP contribution in [-0.4, -0.2) is 38.1 Å². The van der Waals surface area contributed by atoms with E-state index in [2.05, 4.69) is 0 Å². The van der Waals surface area contributed by atoms with Gasteiger partial charge in [0.15, 0.2) is 6.61 Å². The van der Waals surface area contributed by atoms with Gasteiger partial charge in [0.1, 0.15) is 17.2 Å². The number of esters is 1. The zero-order valence-electron chi connectivity index (χ0n) is 22.2. The Morgan fingerprint density at radius 2 is 1.29 bits per heavy atom. The van der Waals surface area contributed by atoms with Crippen molar-refractivity contribution in [3.8, 4) is 17.2 Å². The van der Waals surface area contributed by atoms with Crippen molar-refractivity contribution in [2.75, 3.05) is 32.2 Å². The molecule has 0 saturated carbocycles. The van der Waals surface area contributed by atoms with Gasteiger partial charge in [0.05, 0.1) is 30.9 Å². The van der Waals surface area contributed by atoms with E-state index in [1.54, 1.807) is 13.0 Å². The van der Waals surface area contributed by atoms with E-state index in [4.69, 9.17) is 18.9 Å². The SMILES string of the molecule is CCOC(=O)COc1ccc(SCC(COc2ccc(C(F)(F)F)cc2)COc2ccc(C(F)(F)F)cc2)cc1C. The highest BCUT2D eigenvalue weighted by Gasteiger charge is 2.31. The second-order valence-electron chi connectivity index (χ2n) is 8.86. The van der Waals surface area contributed by atoms with E-state index in [1.807, 2.05) is 19.1 Å². The monoisotopic (exact) mass is 602 g/mol. The van der Waals surface area contributed by atoms with Crippen LogP contribution in [0.1, 0.15) is 23.6 Å². The molecule has 0 N–H and O–H groups in total. The zero-order chi connectivity index (χ0) is 30.0. The Morgan fingerprint density at radius 3 is 1.73 bits per heavy atom. The number of alkyl halides is 6. The van der Waals surface area contributed by atoms with Gasteiger partial charge in [0.25, 0.3) is 0 Å². The van der Waals surface area contributed by atoms with Crippen LogP contribution in [0.25, 0.3) is 0 Å². The number of thioether (sulfide) groups is 1. The molecule has 0 aliphatic rings. The van der Waals surface area contributed by atoms with Crippen LogP contribution in [0.3, 0.4) is 0 Å². The lowest BCUT2D eigenvalue weighted by Gasteiger charge is -2.19. The first-order valence-corrected chi connectivity index (χ1v) is 13.5. The van der Waals surface area contributed by atoms with E-state index in [1.165, 1.54) is 36.0 Å². The molecule has 5 nitrogen and oxygen atoms in total. The van der Waals surface area contributed by atoms with Crippen LogP contribution in [0.15, 0.2) is 71.6 Å². The second-order valence-corrected chi connectivity index (χ2v) is 9.96. The molecule has 3 aromatic rings. The summed E-state index contributed by atoms with van der Waals surface area (Å²) in [5, 5.41) is 0. The Labute approximate surface area is 237 Å². The fourth-order valence-electron chi connectivity index (χ4n) is 3.48. The Kier molecular flexibility index (Phi) is 11.2. The van der Waals surface area contributed by atoms with Crippen LogP contribution < -0.4 is 14.2 Å². The van der Waals surface area contributed by atoms with Gasteiger partial charge < -0.3 is 18.9 Å². The van der Waals surface area contributed by atoms with Crippen LogP contribution in [0.5, 0.6) is 17.2 Å². The van der Waals surface area contributed by atoms with Crippen molar-refractivity contribution in [2.45, 2.75) is 31.1 Å². The maximum atomic E-state index is 12.9. The van der Waals surface area contributed by atoms with Gasteiger partial charge in [-0.05, 0) is 86.1 Å². The normalized spacial score (nSPS) is 11.8. The Bertz CT molecular complexity index is 1200. The summed E-state index contributed by atoms with van der Waals surface area (Å²) in [5.41, 5.74) is -0.807. The van der Waals surface area contributed by atoms with E-state index < -0.39 is 29.4 Å². The van der Waals surface area contributed by atoms with Gasteiger partial charge >= 0.3 is 18.3 Å². The second kappa shape index (κ2) is 14.4. The first kappa shape index (κ1) is 32.0. The predicted octanol–water partition coefficient (Wildman–Crippen LogP) is 7.84. The van der Waals surface area contributed by atoms with Crippen LogP contribution in [0.2, 0.25) is 0 Å². The molecule has 0 heterocycles. The van der Waals surface area contributed by atoms with Crippen molar-refractivity contribution in [1.29, 1.82) is 0 Å². The summed E-state index contributed by atoms with van der Waals surface area (Å²) in [6.45, 7) is 3.72. The summed E-state index contributed by atoms with van der Waals surface area (Å²) >= 11 is 1.46. The quantitative estimate of drug-likeness (QED) is 0.113. The number of hydrogen-bond acceptors (Lipinski definition) is 6. The van der Waals surface area contributed by atoms with Crippen molar-refractivity contribution in [3.05, 3.63) is 83.4 Å². The summed E-state index contributed by atoms with van der Waals surface area (Å²) < 4.78 is 98.9. The highest BCUT2D eigenvalue weighted by Crippen LogP contribution is 2.32. The molecule has 0 aromatic heterocycles. The minimum atomic E-state index is -4.47. The van der Waals surface area contributed by atoms with Gasteiger partial charge in [-0.1, -0.05) is 0 Å². The molecule has 0 bridgehead atoms. The van der Waals surface area contributed by atoms with Crippen molar-refractivity contribution < 1.29 is 50.1 Å². The van der Waals surface area contributed by atoms with Crippen molar-refractivity contribution in [2.24, 2.45) is 5.92 Å². The number of carbonyl (C=O) groups is 1. The summed E-state index contributed by atoms with van der Waals surface area (Å²) in [6.07, 6.45) is -8.94. The molecule has 12 heteroatoms. The highest BCUT2D eigenvalue weighted by molar-refractivity contribution is 7.99. The summed E-state index contributed by atoms with van der Waals surface area (Å²) in [5.74, 6) is 0.695. The fourth-order valence-corrected chi connectivity index (χ4v) is 4.52. The third kappa shape index (κ3) is 10.4. The molecule has 0 aliphatic heterocycles. The molecule has 41 heavy (non-hydrogen) atoms. The molecule has 0 radical (unpaired) electrons. The molecule has 0 unspecified atom stereocenters. The fraction of sp³-hybridized carbons (Fsp3) is 0.345. The van der Waals surface area contributed by atoms with Crippen molar-refractivity contribution in [1.82, 2.24) is 0 Å². The molecule has 0 fully saturated rings. The predicted molar refractivity (Wildman–Crippen MR) is 141 cm³/mol. The zero-order valence-corrected chi connectivity index (χ0v) is 23.0. The summed E-state index contributed by atoms with van der Waals surface area (Å²) in [6, 6.07) is 14.0. The van der Waals surface area contributed by atoms with Gasteiger partial charge in [-0.25, -0.2) is 4.79 Å². The third-order valence-corrected chi connectivity index (χ3v) is 6.84. The standard InChI is InChI=1S/C29H28F6O5S/c1-3-37-27(36)17-40-26-13-12-25(14-19(26)2)41-18-20(15-38-23-8-4-21(5-9-23)28(30,31)32)16-39-24-10-6-22(7-11-24)29(33,34)35/h4-14,20H,3,15-18H2,1-2H3. The number of carbonyl (C=O) groups excluding carboxylic acids is 1. The first-order valence-electron chi connectivity index (χ1n) is 12.5. The van der Waals surface area contributed by atoms with E-state index >= 15 is 0 Å². The van der Waals surface area contributed by atoms with Crippen LogP contribution in [-0.2, 0) is 21.9 Å². The van der Waals surface area contributed by atoms with Crippen LogP contribution in [0, 0.1) is 12.8 Å². The van der Waals surface area contributed by atoms with Gasteiger partial charge in [0.2, 0.25) is 0 Å². The largest absolute Gasteiger partial charge is 0.493 e. The molecule has 222 valence electrons. The molecule has 3 rings (SSSR count). The van der Waals surface area contributed by atoms with Crippen molar-refractivity contribution >= 4 is 17.7 Å². The lowest BCUT2D eigenvalue weighted by atomic mass is 10.2. The number of ether oxygens (including phenoxy) is 4. The molecular formula is C29H28F6O5S. The number of hydrogen-bond donors (Lipinski definition) is 0. The average molecular weight is 603 g/mol. The third-order valence-electron chi connectivity index (χ3n) is 5.62. The number of rotatable bonds is 13. The van der Waals surface area contributed by atoms with Gasteiger partial charge in [-0.15, -0.1) is 11.8 Å². The van der Waals surface area contributed by atoms with E-state index in [-0.39, 0.29) is 43.8 Å². The van der Waals surface area contributed by atoms with Crippen molar-refractivity contribution in [3.63, 3.8) is 0 Å². The molecular weight excluding hydrogens is 574 g/mol. The molecule has 0 spiro atoms. The molecule has 0 aliphatic carbocycles. The maximum Gasteiger partial charge on any atom is 0.416 e. The minimum Gasteiger partial charge on any atom is -0.493 e. The maximum absolute atomic E-state index is 12.9. The molecule has 0 saturated heterocycles. The van der Waals surface area contributed by atoms with Gasteiger partial charge in [-0.2, -0.15) is 26.3 Å². The van der Waals surface area contributed by atoms with Crippen LogP contribution >= 0.6 is 11.8 Å². The lowest BCUT2D eigenvalue weighted by Crippen LogP contribution is -2.22. The topological polar surface area (TPSA) is 54.0 Å². The number of benzene rings is 3. The average Bonchev–Trinajstić information content (AvgIpc) is 2.91. The first-order chi connectivity index (χ1) is 19.3. The minimum absolute atomic E-state index is 0.0821.